The van der Waals surface area contributed by atoms with E-state index in [2.05, 4.69) is 53.2 Å². The monoisotopic (exact) mass is 425 g/mol. The standard InChI is InChI=1S/C16H35N5.HI/c1-14(2)7-6-8-18-16(17-4)19-13-15(3)21-11-9-20(5)10-12-21;/h14-15H,6-13H2,1-5H3,(H2,17,18,19);1H. The first kappa shape index (κ1) is 21.9. The Hall–Kier alpha value is -0.0800. The van der Waals surface area contributed by atoms with E-state index in [9.17, 15) is 0 Å². The Kier molecular flexibility index (Phi) is 12.3. The Labute approximate surface area is 154 Å². The molecule has 0 spiro atoms. The fourth-order valence-corrected chi connectivity index (χ4v) is 2.57. The summed E-state index contributed by atoms with van der Waals surface area (Å²) in [6, 6.07) is 0.549. The normalized spacial score (nSPS) is 18.9. The highest BCUT2D eigenvalue weighted by Crippen LogP contribution is 2.04. The van der Waals surface area contributed by atoms with Gasteiger partial charge in [-0.25, -0.2) is 0 Å². The number of hydrogen-bond donors (Lipinski definition) is 2. The van der Waals surface area contributed by atoms with Crippen LogP contribution in [-0.2, 0) is 0 Å². The summed E-state index contributed by atoms with van der Waals surface area (Å²) in [5, 5.41) is 6.85. The lowest BCUT2D eigenvalue weighted by molar-refractivity contribution is 0.120. The van der Waals surface area contributed by atoms with E-state index in [-0.39, 0.29) is 24.0 Å². The van der Waals surface area contributed by atoms with Gasteiger partial charge >= 0.3 is 0 Å². The molecule has 1 saturated heterocycles. The maximum absolute atomic E-state index is 4.30. The fraction of sp³-hybridized carbons (Fsp3) is 0.938. The van der Waals surface area contributed by atoms with Crippen LogP contribution < -0.4 is 10.6 Å². The van der Waals surface area contributed by atoms with E-state index in [1.165, 1.54) is 39.0 Å². The molecule has 1 aliphatic rings. The smallest absolute Gasteiger partial charge is 0.191 e. The third kappa shape index (κ3) is 9.15. The van der Waals surface area contributed by atoms with Gasteiger partial charge in [0.05, 0.1) is 0 Å². The van der Waals surface area contributed by atoms with Gasteiger partial charge < -0.3 is 15.5 Å². The summed E-state index contributed by atoms with van der Waals surface area (Å²) in [7, 11) is 4.04. The highest BCUT2D eigenvalue weighted by molar-refractivity contribution is 14.0. The van der Waals surface area contributed by atoms with Crippen molar-refractivity contribution in [3.05, 3.63) is 0 Å². The first-order valence-electron chi connectivity index (χ1n) is 8.40. The number of guanidine groups is 1. The molecule has 0 amide bonds. The van der Waals surface area contributed by atoms with Crippen molar-refractivity contribution in [1.29, 1.82) is 0 Å². The number of piperazine rings is 1. The largest absolute Gasteiger partial charge is 0.356 e. The van der Waals surface area contributed by atoms with Gasteiger partial charge in [-0.15, -0.1) is 24.0 Å². The van der Waals surface area contributed by atoms with Crippen molar-refractivity contribution >= 4 is 29.9 Å². The van der Waals surface area contributed by atoms with Crippen molar-refractivity contribution < 1.29 is 0 Å². The van der Waals surface area contributed by atoms with Gasteiger partial charge in [0.25, 0.3) is 0 Å². The van der Waals surface area contributed by atoms with Crippen LogP contribution >= 0.6 is 24.0 Å². The molecule has 2 N–H and O–H groups in total. The second-order valence-corrected chi connectivity index (χ2v) is 6.60. The first-order chi connectivity index (χ1) is 10.0. The van der Waals surface area contributed by atoms with Crippen LogP contribution in [-0.4, -0.2) is 75.2 Å². The summed E-state index contributed by atoms with van der Waals surface area (Å²) in [5.74, 6) is 1.71. The lowest BCUT2D eigenvalue weighted by atomic mass is 10.1. The van der Waals surface area contributed by atoms with Gasteiger partial charge in [0.1, 0.15) is 0 Å². The van der Waals surface area contributed by atoms with Gasteiger partial charge in [0.15, 0.2) is 5.96 Å². The average molecular weight is 425 g/mol. The predicted molar refractivity (Wildman–Crippen MR) is 107 cm³/mol. The van der Waals surface area contributed by atoms with E-state index in [1.807, 2.05) is 7.05 Å². The molecule has 0 bridgehead atoms. The van der Waals surface area contributed by atoms with Gasteiger partial charge in [-0.2, -0.15) is 0 Å². The molecule has 1 heterocycles. The maximum atomic E-state index is 4.30. The van der Waals surface area contributed by atoms with Crippen molar-refractivity contribution in [3.63, 3.8) is 0 Å². The summed E-state index contributed by atoms with van der Waals surface area (Å²) < 4.78 is 0. The van der Waals surface area contributed by atoms with E-state index < -0.39 is 0 Å². The molecule has 0 aromatic rings. The molecule has 1 fully saturated rings. The zero-order valence-electron chi connectivity index (χ0n) is 15.1. The Bertz CT molecular complexity index is 301. The minimum atomic E-state index is 0. The molecule has 0 aromatic carbocycles. The van der Waals surface area contributed by atoms with E-state index in [0.717, 1.165) is 25.0 Å². The maximum Gasteiger partial charge on any atom is 0.191 e. The van der Waals surface area contributed by atoms with Gasteiger partial charge in [-0.05, 0) is 32.7 Å². The number of nitrogens with one attached hydrogen (secondary N) is 2. The van der Waals surface area contributed by atoms with Crippen LogP contribution in [0.1, 0.15) is 33.6 Å². The van der Waals surface area contributed by atoms with Crippen molar-refractivity contribution in [1.82, 2.24) is 20.4 Å². The van der Waals surface area contributed by atoms with Gasteiger partial charge in [0.2, 0.25) is 0 Å². The Morgan fingerprint density at radius 1 is 1.09 bits per heavy atom. The van der Waals surface area contributed by atoms with Crippen molar-refractivity contribution in [2.75, 3.05) is 53.4 Å². The molecule has 6 heteroatoms. The van der Waals surface area contributed by atoms with Crippen LogP contribution in [0.2, 0.25) is 0 Å². The average Bonchev–Trinajstić information content (AvgIpc) is 2.46. The summed E-state index contributed by atoms with van der Waals surface area (Å²) >= 11 is 0. The van der Waals surface area contributed by atoms with Crippen molar-refractivity contribution in [3.8, 4) is 0 Å². The summed E-state index contributed by atoms with van der Waals surface area (Å²) in [6.07, 6.45) is 2.47. The van der Waals surface area contributed by atoms with Crippen LogP contribution in [0.4, 0.5) is 0 Å². The van der Waals surface area contributed by atoms with E-state index in [0.29, 0.717) is 6.04 Å². The molecule has 1 rings (SSSR count). The minimum Gasteiger partial charge on any atom is -0.356 e. The Balaban J connectivity index is 0.00000441. The Morgan fingerprint density at radius 3 is 2.27 bits per heavy atom. The number of likely N-dealkylation sites (N-methyl/N-ethyl adjacent to an activating group) is 1. The zero-order chi connectivity index (χ0) is 15.7. The minimum absolute atomic E-state index is 0. The molecule has 0 aromatic heterocycles. The topological polar surface area (TPSA) is 42.9 Å². The quantitative estimate of drug-likeness (QED) is 0.283. The summed E-state index contributed by atoms with van der Waals surface area (Å²) in [4.78, 5) is 9.25. The van der Waals surface area contributed by atoms with Gasteiger partial charge in [-0.1, -0.05) is 13.8 Å². The summed E-state index contributed by atoms with van der Waals surface area (Å²) in [5.41, 5.74) is 0. The summed E-state index contributed by atoms with van der Waals surface area (Å²) in [6.45, 7) is 13.5. The third-order valence-corrected chi connectivity index (χ3v) is 4.20. The molecule has 1 aliphatic heterocycles. The van der Waals surface area contributed by atoms with Crippen molar-refractivity contribution in [2.45, 2.75) is 39.7 Å². The molecule has 0 radical (unpaired) electrons. The number of rotatable bonds is 7. The van der Waals surface area contributed by atoms with E-state index in [1.54, 1.807) is 0 Å². The number of halogens is 1. The number of hydrogen-bond acceptors (Lipinski definition) is 3. The zero-order valence-corrected chi connectivity index (χ0v) is 17.4. The number of aliphatic imine (C=N–C) groups is 1. The highest BCUT2D eigenvalue weighted by Gasteiger charge is 2.18. The lowest BCUT2D eigenvalue weighted by Gasteiger charge is -2.36. The van der Waals surface area contributed by atoms with Crippen molar-refractivity contribution in [2.24, 2.45) is 10.9 Å². The van der Waals surface area contributed by atoms with Gasteiger partial charge in [0, 0.05) is 52.4 Å². The van der Waals surface area contributed by atoms with Crippen LogP contribution in [0.3, 0.4) is 0 Å². The molecule has 5 nitrogen and oxygen atoms in total. The third-order valence-electron chi connectivity index (χ3n) is 4.20. The molecular weight excluding hydrogens is 389 g/mol. The second-order valence-electron chi connectivity index (χ2n) is 6.60. The van der Waals surface area contributed by atoms with E-state index >= 15 is 0 Å². The van der Waals surface area contributed by atoms with Crippen LogP contribution in [0.5, 0.6) is 0 Å². The molecule has 0 saturated carbocycles. The highest BCUT2D eigenvalue weighted by atomic mass is 127. The molecule has 1 atom stereocenters. The Morgan fingerprint density at radius 2 is 1.73 bits per heavy atom. The lowest BCUT2D eigenvalue weighted by Crippen LogP contribution is -2.52. The van der Waals surface area contributed by atoms with Crippen LogP contribution in [0.15, 0.2) is 4.99 Å². The molecular formula is C16H36IN5. The van der Waals surface area contributed by atoms with Crippen LogP contribution in [0, 0.1) is 5.92 Å². The number of nitrogens with zero attached hydrogens (tertiary/aromatic N) is 3. The first-order valence-corrected chi connectivity index (χ1v) is 8.40. The molecule has 22 heavy (non-hydrogen) atoms. The fourth-order valence-electron chi connectivity index (χ4n) is 2.57. The van der Waals surface area contributed by atoms with Gasteiger partial charge in [-0.3, -0.25) is 9.89 Å². The van der Waals surface area contributed by atoms with E-state index in [4.69, 9.17) is 0 Å². The molecule has 132 valence electrons. The SMILES string of the molecule is CN=C(NCCCC(C)C)NCC(C)N1CCN(C)CC1.I. The molecule has 1 unspecified atom stereocenters. The van der Waals surface area contributed by atoms with Crippen LogP contribution in [0.25, 0.3) is 0 Å². The second kappa shape index (κ2) is 12.4. The predicted octanol–water partition coefficient (Wildman–Crippen LogP) is 1.84. The molecule has 0 aliphatic carbocycles.